The molecular weight excluding hydrogens is 229 g/mol. The van der Waals surface area contributed by atoms with Gasteiger partial charge in [0.2, 0.25) is 5.91 Å². The third-order valence-electron chi connectivity index (χ3n) is 3.08. The SMILES string of the molecule is O=C(O)CCC(=O)N1CC[C@H](O)[C@H](CCF)C1. The number of carbonyl (C=O) groups excluding carboxylic acids is 1. The monoisotopic (exact) mass is 247 g/mol. The fraction of sp³-hybridized carbons (Fsp3) is 0.818. The van der Waals surface area contributed by atoms with Crippen LogP contribution in [0.1, 0.15) is 25.7 Å². The number of carbonyl (C=O) groups is 2. The molecule has 0 aromatic carbocycles. The van der Waals surface area contributed by atoms with E-state index in [-0.39, 0.29) is 31.1 Å². The second kappa shape index (κ2) is 6.54. The van der Waals surface area contributed by atoms with Gasteiger partial charge in [0.15, 0.2) is 0 Å². The minimum atomic E-state index is -1.00. The highest BCUT2D eigenvalue weighted by Gasteiger charge is 2.29. The molecule has 1 heterocycles. The van der Waals surface area contributed by atoms with Gasteiger partial charge >= 0.3 is 5.97 Å². The molecule has 5 nitrogen and oxygen atoms in total. The van der Waals surface area contributed by atoms with Crippen LogP contribution < -0.4 is 0 Å². The van der Waals surface area contributed by atoms with Crippen LogP contribution in [0.15, 0.2) is 0 Å². The van der Waals surface area contributed by atoms with E-state index in [1.165, 1.54) is 4.90 Å². The van der Waals surface area contributed by atoms with Gasteiger partial charge in [-0.1, -0.05) is 0 Å². The van der Waals surface area contributed by atoms with Crippen LogP contribution in [0.2, 0.25) is 0 Å². The Morgan fingerprint density at radius 1 is 1.35 bits per heavy atom. The maximum absolute atomic E-state index is 12.2. The summed E-state index contributed by atoms with van der Waals surface area (Å²) in [5, 5.41) is 18.1. The third kappa shape index (κ3) is 4.30. The Balaban J connectivity index is 2.43. The Hall–Kier alpha value is -1.17. The molecule has 1 saturated heterocycles. The van der Waals surface area contributed by atoms with Gasteiger partial charge in [0, 0.05) is 25.4 Å². The van der Waals surface area contributed by atoms with Crippen LogP contribution in [0, 0.1) is 5.92 Å². The van der Waals surface area contributed by atoms with E-state index in [0.29, 0.717) is 19.5 Å². The molecule has 2 N–H and O–H groups in total. The standard InChI is InChI=1S/C11H18FNO4/c12-5-3-8-7-13(6-4-9(8)14)10(15)1-2-11(16)17/h8-9,14H,1-7H2,(H,16,17)/t8-,9+/m1/s1. The zero-order valence-corrected chi connectivity index (χ0v) is 9.64. The largest absolute Gasteiger partial charge is 0.481 e. The van der Waals surface area contributed by atoms with Gasteiger partial charge in [-0.25, -0.2) is 0 Å². The molecule has 0 bridgehead atoms. The lowest BCUT2D eigenvalue weighted by Gasteiger charge is -2.35. The molecule has 17 heavy (non-hydrogen) atoms. The quantitative estimate of drug-likeness (QED) is 0.738. The average Bonchev–Trinajstić information content (AvgIpc) is 2.29. The summed E-state index contributed by atoms with van der Waals surface area (Å²) in [5.74, 6) is -1.47. The van der Waals surface area contributed by atoms with Gasteiger partial charge in [0.25, 0.3) is 0 Å². The molecule has 0 spiro atoms. The number of aliphatic hydroxyl groups excluding tert-OH is 1. The summed E-state index contributed by atoms with van der Waals surface area (Å²) >= 11 is 0. The highest BCUT2D eigenvalue weighted by molar-refractivity contribution is 5.80. The molecule has 1 rings (SSSR count). The fourth-order valence-corrected chi connectivity index (χ4v) is 2.04. The molecule has 98 valence electrons. The molecule has 1 fully saturated rings. The molecule has 2 atom stereocenters. The second-order valence-electron chi connectivity index (χ2n) is 4.33. The average molecular weight is 247 g/mol. The molecule has 1 amide bonds. The molecule has 0 aromatic rings. The minimum absolute atomic E-state index is 0.0340. The molecular formula is C11H18FNO4. The first-order valence-corrected chi connectivity index (χ1v) is 5.78. The first kappa shape index (κ1) is 13.9. The van der Waals surface area contributed by atoms with Crippen molar-refractivity contribution < 1.29 is 24.2 Å². The lowest BCUT2D eigenvalue weighted by molar-refractivity contribution is -0.142. The Morgan fingerprint density at radius 3 is 2.65 bits per heavy atom. The molecule has 1 aliphatic heterocycles. The zero-order valence-electron chi connectivity index (χ0n) is 9.64. The van der Waals surface area contributed by atoms with E-state index in [4.69, 9.17) is 5.11 Å². The number of likely N-dealkylation sites (tertiary alicyclic amines) is 1. The van der Waals surface area contributed by atoms with Crippen LogP contribution in [0.3, 0.4) is 0 Å². The van der Waals surface area contributed by atoms with Gasteiger partial charge in [-0.2, -0.15) is 0 Å². The first-order valence-electron chi connectivity index (χ1n) is 5.78. The van der Waals surface area contributed by atoms with E-state index in [1.807, 2.05) is 0 Å². The van der Waals surface area contributed by atoms with Crippen molar-refractivity contribution >= 4 is 11.9 Å². The van der Waals surface area contributed by atoms with Gasteiger partial charge in [-0.15, -0.1) is 0 Å². The lowest BCUT2D eigenvalue weighted by Crippen LogP contribution is -2.46. The summed E-state index contributed by atoms with van der Waals surface area (Å²) in [4.78, 5) is 23.5. The number of nitrogens with zero attached hydrogens (tertiary/aromatic N) is 1. The van der Waals surface area contributed by atoms with Crippen molar-refractivity contribution in [3.8, 4) is 0 Å². The number of carboxylic acids is 1. The summed E-state index contributed by atoms with van der Waals surface area (Å²) in [6, 6.07) is 0. The summed E-state index contributed by atoms with van der Waals surface area (Å²) in [6.07, 6.45) is -0.110. The third-order valence-corrected chi connectivity index (χ3v) is 3.08. The van der Waals surface area contributed by atoms with Gasteiger partial charge in [0.05, 0.1) is 19.2 Å². The molecule has 0 radical (unpaired) electrons. The van der Waals surface area contributed by atoms with E-state index in [1.54, 1.807) is 0 Å². The van der Waals surface area contributed by atoms with Crippen LogP contribution in [0.4, 0.5) is 4.39 Å². The van der Waals surface area contributed by atoms with Crippen LogP contribution >= 0.6 is 0 Å². The molecule has 1 aliphatic rings. The maximum Gasteiger partial charge on any atom is 0.303 e. The van der Waals surface area contributed by atoms with E-state index < -0.39 is 18.7 Å². The number of rotatable bonds is 5. The molecule has 0 aliphatic carbocycles. The number of piperidine rings is 1. The topological polar surface area (TPSA) is 77.8 Å². The summed E-state index contributed by atoms with van der Waals surface area (Å²) in [6.45, 7) is 0.227. The Morgan fingerprint density at radius 2 is 2.06 bits per heavy atom. The predicted octanol–water partition coefficient (Wildman–Crippen LogP) is 0.420. The van der Waals surface area contributed by atoms with Gasteiger partial charge in [0.1, 0.15) is 0 Å². The van der Waals surface area contributed by atoms with E-state index >= 15 is 0 Å². The summed E-state index contributed by atoms with van der Waals surface area (Å²) < 4.78 is 12.2. The van der Waals surface area contributed by atoms with Crippen LogP contribution in [-0.2, 0) is 9.59 Å². The smallest absolute Gasteiger partial charge is 0.303 e. The van der Waals surface area contributed by atoms with E-state index in [9.17, 15) is 19.1 Å². The number of aliphatic carboxylic acids is 1. The highest BCUT2D eigenvalue weighted by atomic mass is 19.1. The van der Waals surface area contributed by atoms with Crippen molar-refractivity contribution in [3.05, 3.63) is 0 Å². The predicted molar refractivity (Wildman–Crippen MR) is 58.2 cm³/mol. The molecule has 6 heteroatoms. The van der Waals surface area contributed by atoms with Gasteiger partial charge in [-0.05, 0) is 12.8 Å². The van der Waals surface area contributed by atoms with E-state index in [0.717, 1.165) is 0 Å². The number of alkyl halides is 1. The van der Waals surface area contributed by atoms with E-state index in [2.05, 4.69) is 0 Å². The van der Waals surface area contributed by atoms with Crippen molar-refractivity contribution in [1.29, 1.82) is 0 Å². The number of hydrogen-bond donors (Lipinski definition) is 2. The lowest BCUT2D eigenvalue weighted by atomic mass is 9.92. The number of amides is 1. The number of carboxylic acid groups (broad SMARTS) is 1. The highest BCUT2D eigenvalue weighted by Crippen LogP contribution is 2.21. The zero-order chi connectivity index (χ0) is 12.8. The van der Waals surface area contributed by atoms with Crippen molar-refractivity contribution in [2.75, 3.05) is 19.8 Å². The van der Waals surface area contributed by atoms with Gasteiger partial charge < -0.3 is 15.1 Å². The first-order chi connectivity index (χ1) is 8.04. The summed E-state index contributed by atoms with van der Waals surface area (Å²) in [7, 11) is 0. The second-order valence-corrected chi connectivity index (χ2v) is 4.33. The normalized spacial score (nSPS) is 24.7. The van der Waals surface area contributed by atoms with Crippen molar-refractivity contribution in [2.24, 2.45) is 5.92 Å². The molecule has 0 aromatic heterocycles. The van der Waals surface area contributed by atoms with Crippen molar-refractivity contribution in [2.45, 2.75) is 31.8 Å². The molecule has 0 unspecified atom stereocenters. The minimum Gasteiger partial charge on any atom is -0.481 e. The fourth-order valence-electron chi connectivity index (χ4n) is 2.04. The maximum atomic E-state index is 12.2. The van der Waals surface area contributed by atoms with Crippen molar-refractivity contribution in [1.82, 2.24) is 4.90 Å². The number of aliphatic hydroxyl groups is 1. The van der Waals surface area contributed by atoms with Crippen LogP contribution in [0.5, 0.6) is 0 Å². The Labute approximate surface area is 99.2 Å². The molecule has 0 saturated carbocycles. The summed E-state index contributed by atoms with van der Waals surface area (Å²) in [5.41, 5.74) is 0. The van der Waals surface area contributed by atoms with Gasteiger partial charge in [-0.3, -0.25) is 14.0 Å². The van der Waals surface area contributed by atoms with Crippen LogP contribution in [0.25, 0.3) is 0 Å². The van der Waals surface area contributed by atoms with Crippen molar-refractivity contribution in [3.63, 3.8) is 0 Å². The Kier molecular flexibility index (Phi) is 5.34. The number of hydrogen-bond acceptors (Lipinski definition) is 3. The van der Waals surface area contributed by atoms with Crippen LogP contribution in [-0.4, -0.2) is 52.9 Å². The number of halogens is 1. The Bertz CT molecular complexity index is 285.